The lowest BCUT2D eigenvalue weighted by molar-refractivity contribution is -0.355. The normalized spacial score (nSPS) is 19.3. The molecule has 0 bridgehead atoms. The summed E-state index contributed by atoms with van der Waals surface area (Å²) in [6.07, 6.45) is 8.54. The first kappa shape index (κ1) is 40.6. The molecule has 6 aromatic rings. The quantitative estimate of drug-likeness (QED) is 0.183. The highest BCUT2D eigenvalue weighted by atomic mass is 16.2. The lowest BCUT2D eigenvalue weighted by Gasteiger charge is -2.31. The largest absolute Gasteiger partial charge is 0.364 e. The number of aryl methyl sites for hydroxylation is 2. The molecular formula is C59H34N4O8+2. The zero-order valence-electron chi connectivity index (χ0n) is 37.2. The van der Waals surface area contributed by atoms with Crippen LogP contribution in [0.1, 0.15) is 123 Å². The Balaban J connectivity index is 0.682. The molecule has 2 aliphatic heterocycles. The molecule has 12 nitrogen and oxygen atoms in total. The van der Waals surface area contributed by atoms with E-state index in [1.165, 1.54) is 0 Å². The summed E-state index contributed by atoms with van der Waals surface area (Å²) >= 11 is 0. The third kappa shape index (κ3) is 5.61. The first-order valence-corrected chi connectivity index (χ1v) is 23.3. The molecule has 0 spiro atoms. The van der Waals surface area contributed by atoms with Gasteiger partial charge >= 0.3 is 0 Å². The van der Waals surface area contributed by atoms with Crippen LogP contribution >= 0.6 is 0 Å². The number of carbonyl (C=O) groups excluding carboxylic acids is 8. The predicted molar refractivity (Wildman–Crippen MR) is 260 cm³/mol. The number of anilines is 2. The van der Waals surface area contributed by atoms with Crippen LogP contribution in [0, 0.1) is 0 Å². The molecule has 8 aliphatic rings. The number of fused-ring (bicyclic) bond motifs is 14. The van der Waals surface area contributed by atoms with Gasteiger partial charge in [0, 0.05) is 90.1 Å². The van der Waals surface area contributed by atoms with Crippen LogP contribution in [0.25, 0.3) is 0 Å². The fourth-order valence-corrected chi connectivity index (χ4v) is 11.6. The minimum atomic E-state index is -0.691. The highest BCUT2D eigenvalue weighted by Gasteiger charge is 2.47. The molecule has 71 heavy (non-hydrogen) atoms. The molecule has 14 rings (SSSR count). The van der Waals surface area contributed by atoms with Crippen molar-refractivity contribution in [1.82, 2.24) is 0 Å². The highest BCUT2D eigenvalue weighted by molar-refractivity contribution is 6.35. The Bertz CT molecular complexity index is 3970. The van der Waals surface area contributed by atoms with Crippen molar-refractivity contribution in [2.45, 2.75) is 31.3 Å². The average molecular weight is 927 g/mol. The Kier molecular flexibility index (Phi) is 8.33. The fourth-order valence-electron chi connectivity index (χ4n) is 11.6. The molecular weight excluding hydrogens is 893 g/mol. The number of nitrogens with one attached hydrogen (secondary N) is 4. The molecule has 6 aliphatic carbocycles. The molecule has 2 heterocycles. The van der Waals surface area contributed by atoms with Crippen molar-refractivity contribution in [3.63, 3.8) is 0 Å². The molecule has 336 valence electrons. The van der Waals surface area contributed by atoms with Gasteiger partial charge in [0.25, 0.3) is 0 Å². The zero-order valence-corrected chi connectivity index (χ0v) is 37.2. The fraction of sp³-hybridized carbons (Fsp3) is 0.0847. The van der Waals surface area contributed by atoms with Crippen molar-refractivity contribution in [3.05, 3.63) is 234 Å². The van der Waals surface area contributed by atoms with E-state index in [1.54, 1.807) is 121 Å². The molecule has 6 aromatic carbocycles. The van der Waals surface area contributed by atoms with Crippen LogP contribution in [0.2, 0.25) is 0 Å². The average Bonchev–Trinajstić information content (AvgIpc) is 3.40. The molecule has 2 atom stereocenters. The van der Waals surface area contributed by atoms with Crippen molar-refractivity contribution >= 4 is 80.4 Å². The van der Waals surface area contributed by atoms with Crippen LogP contribution in [0.5, 0.6) is 0 Å². The van der Waals surface area contributed by atoms with Crippen LogP contribution in [0.3, 0.4) is 0 Å². The van der Waals surface area contributed by atoms with Gasteiger partial charge in [0.1, 0.15) is 34.6 Å². The Morgan fingerprint density at radius 1 is 0.366 bits per heavy atom. The second-order valence-electron chi connectivity index (χ2n) is 18.8. The summed E-state index contributed by atoms with van der Waals surface area (Å²) < 4.78 is 0. The number of benzene rings is 6. The number of rotatable bonds is 4. The molecule has 2 unspecified atom stereocenters. The predicted octanol–water partition coefficient (Wildman–Crippen LogP) is 5.20. The van der Waals surface area contributed by atoms with E-state index in [0.29, 0.717) is 115 Å². The summed E-state index contributed by atoms with van der Waals surface area (Å²) in [6.45, 7) is 0. The number of carbonyl (C=O) groups is 8. The lowest BCUT2D eigenvalue weighted by atomic mass is 9.76. The summed E-state index contributed by atoms with van der Waals surface area (Å²) in [5, 5.41) is 6.78. The van der Waals surface area contributed by atoms with E-state index < -0.39 is 12.1 Å². The molecule has 0 radical (unpaired) electrons. The number of ketones is 8. The number of allylic oxidation sites excluding steroid dienone is 4. The van der Waals surface area contributed by atoms with Gasteiger partial charge in [-0.25, -0.2) is 9.98 Å². The SMILES string of the molecule is O=C1C2=C(C(=O)c3ccc(CCCc4ccc5c(c4)C(=O)c4ccc6c(c4C5=O)[NH+]=C4C=CC5=C(C(=O)c7ccccc7C5=O)C4N6)cc31)C1Nc3ccc4c(c3[NH+]=C1C=C2)C(=O)c1ccccc1C4=O. The molecule has 0 aromatic heterocycles. The number of hydrogen-bond donors (Lipinski definition) is 4. The summed E-state index contributed by atoms with van der Waals surface area (Å²) in [5.74, 6) is -2.12. The topological polar surface area (TPSA) is 189 Å². The maximum absolute atomic E-state index is 14.3. The monoisotopic (exact) mass is 926 g/mol. The van der Waals surface area contributed by atoms with E-state index in [4.69, 9.17) is 0 Å². The minimum Gasteiger partial charge on any atom is -0.364 e. The van der Waals surface area contributed by atoms with Gasteiger partial charge in [-0.15, -0.1) is 0 Å². The van der Waals surface area contributed by atoms with E-state index in [1.807, 2.05) is 12.1 Å². The number of Topliss-reactive ketones (excluding diaryl/α,β-unsaturated/α-hetero) is 4. The molecule has 0 saturated heterocycles. The van der Waals surface area contributed by atoms with E-state index in [-0.39, 0.29) is 74.1 Å². The van der Waals surface area contributed by atoms with Gasteiger partial charge in [0.05, 0.1) is 0 Å². The molecule has 4 N–H and O–H groups in total. The van der Waals surface area contributed by atoms with Gasteiger partial charge in [-0.05, 0) is 78.9 Å². The molecule has 0 fully saturated rings. The van der Waals surface area contributed by atoms with Crippen LogP contribution in [0.15, 0.2) is 156 Å². The Morgan fingerprint density at radius 2 is 0.746 bits per heavy atom. The summed E-state index contributed by atoms with van der Waals surface area (Å²) in [5.41, 5.74) is 9.77. The molecule has 0 saturated carbocycles. The van der Waals surface area contributed by atoms with Crippen LogP contribution < -0.4 is 20.6 Å². The Morgan fingerprint density at radius 3 is 1.25 bits per heavy atom. The smallest absolute Gasteiger partial charge is 0.239 e. The standard InChI is InChI=1S/C59H32N4O8/c64-52-28-8-1-3-10-30(28)56(68)44-34(52)16-20-40-48(44)60-42-22-18-36-46(50(42)62-40)58(70)32-14-12-26(24-38(32)54(36)66)6-5-7-27-13-15-33-39(25-27)55(67)37-19-23-43-51(47(37)59(33)71)63-41-21-17-35-45(49(41)61-43)57(69)31-11-4-2-9-29(31)53(35)65/h1-4,8-25,48,51,60,63H,5-7H2/p+2. The second-order valence-corrected chi connectivity index (χ2v) is 18.8. The van der Waals surface area contributed by atoms with Gasteiger partial charge in [0.2, 0.25) is 34.4 Å². The van der Waals surface area contributed by atoms with Gasteiger partial charge in [-0.3, -0.25) is 38.4 Å². The first-order chi connectivity index (χ1) is 34.5. The zero-order chi connectivity index (χ0) is 48.1. The third-order valence-corrected chi connectivity index (χ3v) is 15.0. The van der Waals surface area contributed by atoms with Crippen molar-refractivity contribution in [1.29, 1.82) is 0 Å². The van der Waals surface area contributed by atoms with Crippen LogP contribution in [0.4, 0.5) is 22.7 Å². The maximum Gasteiger partial charge on any atom is 0.239 e. The summed E-state index contributed by atoms with van der Waals surface area (Å²) in [6, 6.07) is 29.5. The molecule has 12 heteroatoms. The first-order valence-electron chi connectivity index (χ1n) is 23.3. The number of hydrogen-bond acceptors (Lipinski definition) is 10. The van der Waals surface area contributed by atoms with Gasteiger partial charge in [-0.2, -0.15) is 0 Å². The van der Waals surface area contributed by atoms with Crippen LogP contribution in [-0.4, -0.2) is 69.8 Å². The Hall–Kier alpha value is -9.42. The lowest BCUT2D eigenvalue weighted by Crippen LogP contribution is -2.74. The highest BCUT2D eigenvalue weighted by Crippen LogP contribution is 2.41. The summed E-state index contributed by atoms with van der Waals surface area (Å²) in [7, 11) is 0. The van der Waals surface area contributed by atoms with Gasteiger partial charge in [0.15, 0.2) is 34.7 Å². The van der Waals surface area contributed by atoms with Crippen LogP contribution in [-0.2, 0) is 12.8 Å². The van der Waals surface area contributed by atoms with E-state index in [9.17, 15) is 38.4 Å². The molecule has 0 amide bonds. The van der Waals surface area contributed by atoms with Crippen molar-refractivity contribution < 1.29 is 48.3 Å². The van der Waals surface area contributed by atoms with E-state index >= 15 is 0 Å². The van der Waals surface area contributed by atoms with Crippen molar-refractivity contribution in [2.75, 3.05) is 10.6 Å². The summed E-state index contributed by atoms with van der Waals surface area (Å²) in [4.78, 5) is 118. The minimum absolute atomic E-state index is 0.224. The second kappa shape index (κ2) is 14.5. The van der Waals surface area contributed by atoms with Gasteiger partial charge in [-0.1, -0.05) is 72.8 Å². The third-order valence-electron chi connectivity index (χ3n) is 15.0. The Labute approximate surface area is 402 Å². The van der Waals surface area contributed by atoms with Crippen molar-refractivity contribution in [3.8, 4) is 0 Å². The van der Waals surface area contributed by atoms with Gasteiger partial charge < -0.3 is 10.6 Å². The maximum atomic E-state index is 14.3. The van der Waals surface area contributed by atoms with Crippen molar-refractivity contribution in [2.24, 2.45) is 0 Å². The van der Waals surface area contributed by atoms with E-state index in [0.717, 1.165) is 11.1 Å². The van der Waals surface area contributed by atoms with E-state index in [2.05, 4.69) is 20.6 Å².